The van der Waals surface area contributed by atoms with Crippen molar-refractivity contribution in [3.05, 3.63) is 101 Å². The van der Waals surface area contributed by atoms with Gasteiger partial charge in [-0.15, -0.1) is 0 Å². The fourth-order valence-corrected chi connectivity index (χ4v) is 6.45. The lowest BCUT2D eigenvalue weighted by molar-refractivity contribution is 0.236. The van der Waals surface area contributed by atoms with E-state index in [4.69, 9.17) is 14.7 Å². The van der Waals surface area contributed by atoms with Gasteiger partial charge in [-0.05, 0) is 43.2 Å². The molecule has 8 nitrogen and oxygen atoms in total. The molecule has 3 heterocycles. The molecular formula is C30H29N5O3S. The molecule has 2 aromatic heterocycles. The number of ether oxygens (including phenoxy) is 1. The van der Waals surface area contributed by atoms with E-state index in [9.17, 15) is 8.42 Å². The van der Waals surface area contributed by atoms with Crippen LogP contribution in [0.5, 0.6) is 5.88 Å². The minimum Gasteiger partial charge on any atom is -0.481 e. The summed E-state index contributed by atoms with van der Waals surface area (Å²) >= 11 is 0. The van der Waals surface area contributed by atoms with E-state index in [1.165, 1.54) is 5.56 Å². The van der Waals surface area contributed by atoms with Crippen molar-refractivity contribution < 1.29 is 13.2 Å². The van der Waals surface area contributed by atoms with E-state index in [0.29, 0.717) is 29.2 Å². The van der Waals surface area contributed by atoms with Crippen LogP contribution in [-0.2, 0) is 29.5 Å². The lowest BCUT2D eigenvalue weighted by atomic mass is 10.0. The van der Waals surface area contributed by atoms with E-state index in [0.717, 1.165) is 51.5 Å². The first-order chi connectivity index (χ1) is 18.8. The van der Waals surface area contributed by atoms with Crippen LogP contribution in [0.25, 0.3) is 22.3 Å². The Kier molecular flexibility index (Phi) is 6.40. The van der Waals surface area contributed by atoms with Crippen LogP contribution in [0, 0.1) is 13.8 Å². The van der Waals surface area contributed by atoms with Gasteiger partial charge in [0, 0.05) is 42.6 Å². The maximum atomic E-state index is 13.5. The molecule has 39 heavy (non-hydrogen) atoms. The third-order valence-corrected chi connectivity index (χ3v) is 8.86. The first-order valence-corrected chi connectivity index (χ1v) is 14.3. The van der Waals surface area contributed by atoms with E-state index in [-0.39, 0.29) is 4.90 Å². The second-order valence-electron chi connectivity index (χ2n) is 9.92. The minimum atomic E-state index is -3.88. The van der Waals surface area contributed by atoms with Crippen molar-refractivity contribution in [3.8, 4) is 17.3 Å². The van der Waals surface area contributed by atoms with Crippen molar-refractivity contribution >= 4 is 20.9 Å². The fraction of sp³-hybridized carbons (Fsp3) is 0.233. The summed E-state index contributed by atoms with van der Waals surface area (Å²) in [6.07, 6.45) is 2.35. The number of hydrogen-bond donors (Lipinski definition) is 0. The molecular weight excluding hydrogens is 510 g/mol. The SMILES string of the molecule is COc1nc(-c2c(C)ccc3c2cnn3S(=O)(=O)c2ccc(C)cc2)nc2c1CN(Cc1ccccc1)CC2. The molecule has 198 valence electrons. The van der Waals surface area contributed by atoms with Gasteiger partial charge in [-0.2, -0.15) is 22.6 Å². The first kappa shape index (κ1) is 25.2. The number of hydrogen-bond acceptors (Lipinski definition) is 7. The summed E-state index contributed by atoms with van der Waals surface area (Å²) in [5.41, 5.74) is 6.36. The normalized spacial score (nSPS) is 13.9. The fourth-order valence-electron chi connectivity index (χ4n) is 5.18. The standard InChI is InChI=1S/C30H29N5O3S/c1-20-9-12-23(13-10-20)39(36,37)35-27-14-11-21(2)28(24(27)17-31-35)29-32-26-15-16-34(18-22-7-5-4-6-8-22)19-25(26)30(33-29)38-3/h4-14,17H,15-16,18-19H2,1-3H3. The maximum Gasteiger partial charge on any atom is 0.283 e. The molecule has 0 saturated heterocycles. The second kappa shape index (κ2) is 9.91. The molecule has 5 aromatic rings. The van der Waals surface area contributed by atoms with Crippen LogP contribution in [0.4, 0.5) is 0 Å². The van der Waals surface area contributed by atoms with Gasteiger partial charge in [-0.3, -0.25) is 4.90 Å². The molecule has 9 heteroatoms. The number of aromatic nitrogens is 4. The smallest absolute Gasteiger partial charge is 0.283 e. The van der Waals surface area contributed by atoms with Crippen LogP contribution in [0.2, 0.25) is 0 Å². The lowest BCUT2D eigenvalue weighted by Gasteiger charge is -2.29. The van der Waals surface area contributed by atoms with Gasteiger partial charge in [0.1, 0.15) is 0 Å². The van der Waals surface area contributed by atoms with E-state index >= 15 is 0 Å². The number of nitrogens with zero attached hydrogens (tertiary/aromatic N) is 5. The molecule has 0 unspecified atom stereocenters. The Morgan fingerprint density at radius 1 is 0.949 bits per heavy atom. The summed E-state index contributed by atoms with van der Waals surface area (Å²) in [6.45, 7) is 6.30. The first-order valence-electron chi connectivity index (χ1n) is 12.8. The predicted molar refractivity (Wildman–Crippen MR) is 150 cm³/mol. The molecule has 0 aliphatic carbocycles. The highest BCUT2D eigenvalue weighted by molar-refractivity contribution is 7.90. The summed E-state index contributed by atoms with van der Waals surface area (Å²) in [4.78, 5) is 12.4. The van der Waals surface area contributed by atoms with Crippen molar-refractivity contribution in [1.82, 2.24) is 24.1 Å². The molecule has 0 spiro atoms. The quantitative estimate of drug-likeness (QED) is 0.303. The molecule has 0 saturated carbocycles. The highest BCUT2D eigenvalue weighted by Crippen LogP contribution is 2.35. The second-order valence-corrected chi connectivity index (χ2v) is 11.7. The summed E-state index contributed by atoms with van der Waals surface area (Å²) < 4.78 is 33.8. The van der Waals surface area contributed by atoms with Gasteiger partial charge >= 0.3 is 0 Å². The molecule has 0 atom stereocenters. The lowest BCUT2D eigenvalue weighted by Crippen LogP contribution is -2.31. The number of rotatable bonds is 6. The van der Waals surface area contributed by atoms with E-state index in [1.54, 1.807) is 43.6 Å². The zero-order valence-electron chi connectivity index (χ0n) is 22.1. The van der Waals surface area contributed by atoms with Gasteiger partial charge in [0.25, 0.3) is 10.0 Å². The number of aryl methyl sites for hydroxylation is 2. The zero-order valence-corrected chi connectivity index (χ0v) is 22.9. The summed E-state index contributed by atoms with van der Waals surface area (Å²) in [5, 5.41) is 4.98. The summed E-state index contributed by atoms with van der Waals surface area (Å²) in [6, 6.07) is 20.8. The van der Waals surface area contributed by atoms with Gasteiger partial charge in [-0.1, -0.05) is 54.1 Å². The Bertz CT molecular complexity index is 1760. The van der Waals surface area contributed by atoms with Crippen LogP contribution in [0.3, 0.4) is 0 Å². The monoisotopic (exact) mass is 539 g/mol. The Labute approximate surface area is 228 Å². The average molecular weight is 540 g/mol. The van der Waals surface area contributed by atoms with Gasteiger partial charge in [0.05, 0.1) is 29.4 Å². The van der Waals surface area contributed by atoms with Crippen LogP contribution >= 0.6 is 0 Å². The van der Waals surface area contributed by atoms with Crippen molar-refractivity contribution in [2.75, 3.05) is 13.7 Å². The van der Waals surface area contributed by atoms with Gasteiger partial charge in [0.2, 0.25) is 5.88 Å². The minimum absolute atomic E-state index is 0.187. The largest absolute Gasteiger partial charge is 0.481 e. The maximum absolute atomic E-state index is 13.5. The molecule has 1 aliphatic heterocycles. The van der Waals surface area contributed by atoms with Crippen LogP contribution in [0.1, 0.15) is 27.9 Å². The van der Waals surface area contributed by atoms with Gasteiger partial charge < -0.3 is 4.74 Å². The highest BCUT2D eigenvalue weighted by Gasteiger charge is 2.26. The van der Waals surface area contributed by atoms with Crippen molar-refractivity contribution in [2.45, 2.75) is 38.3 Å². The Balaban J connectivity index is 1.40. The Morgan fingerprint density at radius 3 is 2.46 bits per heavy atom. The average Bonchev–Trinajstić information content (AvgIpc) is 3.38. The number of methoxy groups -OCH3 is 1. The molecule has 0 fully saturated rings. The van der Waals surface area contributed by atoms with Crippen LogP contribution in [-0.4, -0.2) is 46.1 Å². The molecule has 0 amide bonds. The van der Waals surface area contributed by atoms with Crippen LogP contribution < -0.4 is 4.74 Å². The van der Waals surface area contributed by atoms with Crippen LogP contribution in [0.15, 0.2) is 77.8 Å². The van der Waals surface area contributed by atoms with E-state index in [1.807, 2.05) is 26.0 Å². The Morgan fingerprint density at radius 2 is 1.72 bits per heavy atom. The van der Waals surface area contributed by atoms with Gasteiger partial charge in [0.15, 0.2) is 5.82 Å². The van der Waals surface area contributed by atoms with E-state index in [2.05, 4.69) is 34.3 Å². The highest BCUT2D eigenvalue weighted by atomic mass is 32.2. The molecule has 3 aromatic carbocycles. The van der Waals surface area contributed by atoms with E-state index < -0.39 is 10.0 Å². The third kappa shape index (κ3) is 4.57. The molecule has 0 radical (unpaired) electrons. The van der Waals surface area contributed by atoms with Gasteiger partial charge in [-0.25, -0.2) is 4.98 Å². The van der Waals surface area contributed by atoms with Crippen molar-refractivity contribution in [2.24, 2.45) is 0 Å². The number of benzene rings is 3. The number of fused-ring (bicyclic) bond motifs is 2. The topological polar surface area (TPSA) is 90.2 Å². The molecule has 1 aliphatic rings. The van der Waals surface area contributed by atoms with Crippen molar-refractivity contribution in [1.29, 1.82) is 0 Å². The van der Waals surface area contributed by atoms with Crippen molar-refractivity contribution in [3.63, 3.8) is 0 Å². The molecule has 6 rings (SSSR count). The summed E-state index contributed by atoms with van der Waals surface area (Å²) in [7, 11) is -2.25. The predicted octanol–water partition coefficient (Wildman–Crippen LogP) is 4.91. The summed E-state index contributed by atoms with van der Waals surface area (Å²) in [5.74, 6) is 1.06. The third-order valence-electron chi connectivity index (χ3n) is 7.24. The molecule has 0 bridgehead atoms. The molecule has 0 N–H and O–H groups in total. The zero-order chi connectivity index (χ0) is 27.1. The Hall–Kier alpha value is -4.08.